The molecule has 0 aliphatic heterocycles. The molecule has 0 spiro atoms. The van der Waals surface area contributed by atoms with E-state index in [0.717, 1.165) is 11.8 Å². The Morgan fingerprint density at radius 2 is 1.94 bits per heavy atom. The van der Waals surface area contributed by atoms with E-state index in [9.17, 15) is 18.0 Å². The van der Waals surface area contributed by atoms with Crippen molar-refractivity contribution in [3.63, 3.8) is 0 Å². The number of nitrogens with one attached hydrogen (secondary N) is 1. The van der Waals surface area contributed by atoms with E-state index in [1.165, 1.54) is 19.2 Å². The SMILES string of the molecule is COc1ccc(-n2ncc(C(=O)NCCCc3ccc(Cl)c(Cl)c3)c2C(F)(F)F)nn1. The summed E-state index contributed by atoms with van der Waals surface area (Å²) in [5.74, 6) is -0.967. The third-order valence-corrected chi connectivity index (χ3v) is 4.99. The van der Waals surface area contributed by atoms with Crippen molar-refractivity contribution in [1.29, 1.82) is 0 Å². The van der Waals surface area contributed by atoms with Gasteiger partial charge in [0.25, 0.3) is 5.91 Å². The highest BCUT2D eigenvalue weighted by atomic mass is 35.5. The zero-order valence-corrected chi connectivity index (χ0v) is 17.6. The number of rotatable bonds is 7. The summed E-state index contributed by atoms with van der Waals surface area (Å²) in [5.41, 5.74) is -0.959. The molecule has 0 bridgehead atoms. The Bertz CT molecular complexity index is 1070. The molecule has 0 fully saturated rings. The van der Waals surface area contributed by atoms with Crippen LogP contribution >= 0.6 is 23.2 Å². The molecule has 0 atom stereocenters. The van der Waals surface area contributed by atoms with Crippen LogP contribution in [0.25, 0.3) is 5.82 Å². The molecule has 0 saturated heterocycles. The number of amides is 1. The lowest BCUT2D eigenvalue weighted by atomic mass is 10.1. The van der Waals surface area contributed by atoms with E-state index in [0.29, 0.717) is 27.6 Å². The maximum Gasteiger partial charge on any atom is 0.434 e. The zero-order chi connectivity index (χ0) is 22.6. The van der Waals surface area contributed by atoms with Crippen molar-refractivity contribution in [3.05, 3.63) is 63.4 Å². The molecular weight excluding hydrogens is 458 g/mol. The Balaban J connectivity index is 1.71. The molecule has 0 aliphatic rings. The highest BCUT2D eigenvalue weighted by Crippen LogP contribution is 2.33. The highest BCUT2D eigenvalue weighted by Gasteiger charge is 2.40. The number of ether oxygens (including phenoxy) is 1. The Kier molecular flexibility index (Phi) is 7.01. The summed E-state index contributed by atoms with van der Waals surface area (Å²) < 4.78 is 46.4. The minimum atomic E-state index is -4.84. The fourth-order valence-corrected chi connectivity index (χ4v) is 3.10. The van der Waals surface area contributed by atoms with E-state index in [2.05, 4.69) is 20.6 Å². The number of carbonyl (C=O) groups is 1. The smallest absolute Gasteiger partial charge is 0.434 e. The fraction of sp³-hybridized carbons (Fsp3) is 0.263. The van der Waals surface area contributed by atoms with E-state index < -0.39 is 23.3 Å². The molecule has 1 amide bonds. The molecule has 0 saturated carbocycles. The number of hydrogen-bond acceptors (Lipinski definition) is 5. The van der Waals surface area contributed by atoms with Gasteiger partial charge in [0, 0.05) is 12.6 Å². The summed E-state index contributed by atoms with van der Waals surface area (Å²) >= 11 is 11.8. The van der Waals surface area contributed by atoms with Crippen LogP contribution < -0.4 is 10.1 Å². The molecule has 1 aromatic carbocycles. The van der Waals surface area contributed by atoms with Gasteiger partial charge in [-0.2, -0.15) is 18.3 Å². The number of halogens is 5. The van der Waals surface area contributed by atoms with Crippen LogP contribution in [0.5, 0.6) is 5.88 Å². The third kappa shape index (κ3) is 5.45. The van der Waals surface area contributed by atoms with Crippen LogP contribution in [0.3, 0.4) is 0 Å². The quantitative estimate of drug-likeness (QED) is 0.515. The first-order chi connectivity index (χ1) is 14.7. The van der Waals surface area contributed by atoms with Crippen LogP contribution in [0.4, 0.5) is 13.2 Å². The number of aryl methyl sites for hydroxylation is 1. The summed E-state index contributed by atoms with van der Waals surface area (Å²) in [6.45, 7) is 0.157. The molecule has 0 aliphatic carbocycles. The number of alkyl halides is 3. The highest BCUT2D eigenvalue weighted by molar-refractivity contribution is 6.42. The summed E-state index contributed by atoms with van der Waals surface area (Å²) in [7, 11) is 1.35. The van der Waals surface area contributed by atoms with Gasteiger partial charge in [-0.25, -0.2) is 4.68 Å². The lowest BCUT2D eigenvalue weighted by molar-refractivity contribution is -0.143. The number of nitrogens with zero attached hydrogens (tertiary/aromatic N) is 4. The zero-order valence-electron chi connectivity index (χ0n) is 16.1. The second-order valence-corrected chi connectivity index (χ2v) is 7.17. The van der Waals surface area contributed by atoms with E-state index in [-0.39, 0.29) is 18.2 Å². The number of aromatic nitrogens is 4. The molecule has 31 heavy (non-hydrogen) atoms. The lowest BCUT2D eigenvalue weighted by Crippen LogP contribution is -2.27. The second kappa shape index (κ2) is 9.52. The van der Waals surface area contributed by atoms with Crippen LogP contribution in [0.2, 0.25) is 10.0 Å². The third-order valence-electron chi connectivity index (χ3n) is 4.25. The summed E-state index contributed by atoms with van der Waals surface area (Å²) in [6.07, 6.45) is -2.94. The van der Waals surface area contributed by atoms with Crippen LogP contribution in [-0.2, 0) is 12.6 Å². The summed E-state index contributed by atoms with van der Waals surface area (Å²) in [6, 6.07) is 7.74. The molecule has 0 radical (unpaired) electrons. The van der Waals surface area contributed by atoms with Gasteiger partial charge in [-0.3, -0.25) is 4.79 Å². The van der Waals surface area contributed by atoms with Gasteiger partial charge in [-0.1, -0.05) is 29.3 Å². The Morgan fingerprint density at radius 3 is 2.55 bits per heavy atom. The normalized spacial score (nSPS) is 11.4. The summed E-state index contributed by atoms with van der Waals surface area (Å²) in [5, 5.41) is 14.3. The minimum Gasteiger partial charge on any atom is -0.480 e. The molecule has 0 unspecified atom stereocenters. The first-order valence-corrected chi connectivity index (χ1v) is 9.71. The van der Waals surface area contributed by atoms with Gasteiger partial charge in [-0.05, 0) is 36.6 Å². The predicted octanol–water partition coefficient (Wildman–Crippen LogP) is 4.36. The first-order valence-electron chi connectivity index (χ1n) is 8.96. The molecule has 3 rings (SSSR count). The van der Waals surface area contributed by atoms with Gasteiger partial charge in [0.05, 0.1) is 28.9 Å². The average molecular weight is 474 g/mol. The fourth-order valence-electron chi connectivity index (χ4n) is 2.78. The largest absolute Gasteiger partial charge is 0.480 e. The van der Waals surface area contributed by atoms with Crippen molar-refractivity contribution in [2.24, 2.45) is 0 Å². The Morgan fingerprint density at radius 1 is 1.16 bits per heavy atom. The predicted molar refractivity (Wildman–Crippen MR) is 108 cm³/mol. The number of hydrogen-bond donors (Lipinski definition) is 1. The molecule has 12 heteroatoms. The molecule has 2 heterocycles. The van der Waals surface area contributed by atoms with Crippen molar-refractivity contribution in [1.82, 2.24) is 25.3 Å². The van der Waals surface area contributed by atoms with Gasteiger partial charge in [-0.15, -0.1) is 10.2 Å². The maximum absolute atomic E-state index is 13.7. The van der Waals surface area contributed by atoms with Crippen molar-refractivity contribution in [2.45, 2.75) is 19.0 Å². The van der Waals surface area contributed by atoms with Gasteiger partial charge in [0.2, 0.25) is 5.88 Å². The van der Waals surface area contributed by atoms with Crippen molar-refractivity contribution >= 4 is 29.1 Å². The standard InChI is InChI=1S/C19H16Cl2F3N5O2/c1-31-16-7-6-15(27-28-16)29-17(19(22,23)24)12(10-26-29)18(30)25-8-2-3-11-4-5-13(20)14(21)9-11/h4-7,9-10H,2-3,8H2,1H3,(H,25,30). The molecule has 2 aromatic heterocycles. The average Bonchev–Trinajstić information content (AvgIpc) is 3.19. The van der Waals surface area contributed by atoms with E-state index in [1.807, 2.05) is 0 Å². The van der Waals surface area contributed by atoms with Crippen LogP contribution in [0, 0.1) is 0 Å². The van der Waals surface area contributed by atoms with Gasteiger partial charge >= 0.3 is 6.18 Å². The monoisotopic (exact) mass is 473 g/mol. The molecule has 3 aromatic rings. The molecule has 7 nitrogen and oxygen atoms in total. The van der Waals surface area contributed by atoms with Crippen LogP contribution in [0.1, 0.15) is 28.0 Å². The van der Waals surface area contributed by atoms with E-state index >= 15 is 0 Å². The molecule has 1 N–H and O–H groups in total. The van der Waals surface area contributed by atoms with Crippen LogP contribution in [-0.4, -0.2) is 39.5 Å². The number of carbonyl (C=O) groups excluding carboxylic acids is 1. The van der Waals surface area contributed by atoms with E-state index in [4.69, 9.17) is 27.9 Å². The summed E-state index contributed by atoms with van der Waals surface area (Å²) in [4.78, 5) is 12.4. The molecular formula is C19H16Cl2F3N5O2. The second-order valence-electron chi connectivity index (χ2n) is 6.36. The van der Waals surface area contributed by atoms with Gasteiger partial charge in [0.1, 0.15) is 0 Å². The van der Waals surface area contributed by atoms with Gasteiger partial charge in [0.15, 0.2) is 11.5 Å². The maximum atomic E-state index is 13.7. The Hall–Kier alpha value is -2.85. The molecule has 164 valence electrons. The van der Waals surface area contributed by atoms with Gasteiger partial charge < -0.3 is 10.1 Å². The van der Waals surface area contributed by atoms with Crippen LogP contribution in [0.15, 0.2) is 36.5 Å². The lowest BCUT2D eigenvalue weighted by Gasteiger charge is -2.12. The Labute approximate surface area is 185 Å². The topological polar surface area (TPSA) is 81.9 Å². The van der Waals surface area contributed by atoms with Crippen molar-refractivity contribution in [3.8, 4) is 11.7 Å². The first kappa shape index (κ1) is 22.8. The van der Waals surface area contributed by atoms with Crippen molar-refractivity contribution in [2.75, 3.05) is 13.7 Å². The van der Waals surface area contributed by atoms with Crippen molar-refractivity contribution < 1.29 is 22.7 Å². The number of benzene rings is 1. The van der Waals surface area contributed by atoms with E-state index in [1.54, 1.807) is 18.2 Å². The number of methoxy groups -OCH3 is 1. The minimum absolute atomic E-state index is 0.129.